The van der Waals surface area contributed by atoms with Crippen LogP contribution in [0.2, 0.25) is 0 Å². The highest BCUT2D eigenvalue weighted by molar-refractivity contribution is 9.11. The lowest BCUT2D eigenvalue weighted by atomic mass is 9.99. The lowest BCUT2D eigenvalue weighted by molar-refractivity contribution is 0.0223. The zero-order valence-electron chi connectivity index (χ0n) is 7.69. The number of halogens is 1. The van der Waals surface area contributed by atoms with Gasteiger partial charge in [0.05, 0.1) is 5.60 Å². The van der Waals surface area contributed by atoms with E-state index in [2.05, 4.69) is 41.7 Å². The van der Waals surface area contributed by atoms with Gasteiger partial charge in [-0.15, -0.1) is 0 Å². The van der Waals surface area contributed by atoms with Crippen molar-refractivity contribution in [1.29, 1.82) is 0 Å². The Morgan fingerprint density at radius 3 is 2.83 bits per heavy atom. The van der Waals surface area contributed by atoms with Crippen LogP contribution in [0.4, 0.5) is 0 Å². The summed E-state index contributed by atoms with van der Waals surface area (Å²) in [6.45, 7) is 9.69. The van der Waals surface area contributed by atoms with Crippen molar-refractivity contribution in [3.05, 3.63) is 11.1 Å². The summed E-state index contributed by atoms with van der Waals surface area (Å²) in [6, 6.07) is 0.451. The first kappa shape index (κ1) is 10.2. The zero-order valence-corrected chi connectivity index (χ0v) is 9.28. The van der Waals surface area contributed by atoms with Crippen LogP contribution in [-0.2, 0) is 4.74 Å². The Morgan fingerprint density at radius 2 is 2.42 bits per heavy atom. The van der Waals surface area contributed by atoms with Crippen LogP contribution in [-0.4, -0.2) is 24.8 Å². The van der Waals surface area contributed by atoms with E-state index < -0.39 is 0 Å². The summed E-state index contributed by atoms with van der Waals surface area (Å²) in [5, 5.41) is 3.40. The maximum Gasteiger partial charge on any atom is 0.0779 e. The van der Waals surface area contributed by atoms with Gasteiger partial charge in [-0.1, -0.05) is 22.5 Å². The molecule has 1 rings (SSSR count). The highest BCUT2D eigenvalue weighted by Crippen LogP contribution is 2.24. The van der Waals surface area contributed by atoms with Crippen molar-refractivity contribution in [3.63, 3.8) is 0 Å². The fourth-order valence-corrected chi connectivity index (χ4v) is 1.63. The Labute approximate surface area is 82.5 Å². The van der Waals surface area contributed by atoms with Gasteiger partial charge in [0.1, 0.15) is 0 Å². The standard InChI is InChI=1S/C9H16BrNO/c1-7(10)6-11-8-4-5-12-9(8,2)3/h8,11H,1,4-6H2,2-3H3. The molecule has 3 heteroatoms. The summed E-state index contributed by atoms with van der Waals surface area (Å²) in [6.07, 6.45) is 1.09. The summed E-state index contributed by atoms with van der Waals surface area (Å²) < 4.78 is 6.57. The summed E-state index contributed by atoms with van der Waals surface area (Å²) in [5.74, 6) is 0. The summed E-state index contributed by atoms with van der Waals surface area (Å²) in [5.41, 5.74) is -0.0253. The summed E-state index contributed by atoms with van der Waals surface area (Å²) in [7, 11) is 0. The maximum absolute atomic E-state index is 5.58. The van der Waals surface area contributed by atoms with Crippen molar-refractivity contribution in [2.45, 2.75) is 31.9 Å². The minimum Gasteiger partial charge on any atom is -0.374 e. The molecule has 0 radical (unpaired) electrons. The molecule has 70 valence electrons. The van der Waals surface area contributed by atoms with Crippen LogP contribution in [0.15, 0.2) is 11.1 Å². The molecule has 1 atom stereocenters. The van der Waals surface area contributed by atoms with Gasteiger partial charge in [0.15, 0.2) is 0 Å². The monoisotopic (exact) mass is 233 g/mol. The SMILES string of the molecule is C=C(Br)CNC1CCOC1(C)C. The van der Waals surface area contributed by atoms with E-state index in [4.69, 9.17) is 4.74 Å². The van der Waals surface area contributed by atoms with Gasteiger partial charge >= 0.3 is 0 Å². The Balaban J connectivity index is 2.36. The molecule has 1 aliphatic heterocycles. The first-order chi connectivity index (χ1) is 5.52. The molecule has 1 saturated heterocycles. The number of rotatable bonds is 3. The van der Waals surface area contributed by atoms with Crippen LogP contribution in [0.5, 0.6) is 0 Å². The van der Waals surface area contributed by atoms with Gasteiger partial charge < -0.3 is 10.1 Å². The van der Waals surface area contributed by atoms with Crippen LogP contribution in [0.1, 0.15) is 20.3 Å². The second-order valence-corrected chi connectivity index (χ2v) is 4.81. The Morgan fingerprint density at radius 1 is 1.75 bits per heavy atom. The van der Waals surface area contributed by atoms with E-state index in [1.807, 2.05) is 0 Å². The van der Waals surface area contributed by atoms with E-state index in [9.17, 15) is 0 Å². The number of nitrogens with one attached hydrogen (secondary N) is 1. The van der Waals surface area contributed by atoms with Crippen molar-refractivity contribution in [2.75, 3.05) is 13.2 Å². The molecule has 1 N–H and O–H groups in total. The summed E-state index contributed by atoms with van der Waals surface area (Å²) >= 11 is 3.32. The lowest BCUT2D eigenvalue weighted by Gasteiger charge is -2.26. The second-order valence-electron chi connectivity index (χ2n) is 3.69. The third-order valence-corrected chi connectivity index (χ3v) is 2.54. The molecule has 1 aliphatic rings. The van der Waals surface area contributed by atoms with E-state index in [1.165, 1.54) is 0 Å². The molecule has 1 unspecified atom stereocenters. The maximum atomic E-state index is 5.58. The van der Waals surface area contributed by atoms with E-state index >= 15 is 0 Å². The molecular formula is C9H16BrNO. The summed E-state index contributed by atoms with van der Waals surface area (Å²) in [4.78, 5) is 0. The molecule has 0 aromatic heterocycles. The molecule has 0 aromatic rings. The molecule has 1 fully saturated rings. The highest BCUT2D eigenvalue weighted by Gasteiger charge is 2.34. The molecule has 0 saturated carbocycles. The molecule has 0 amide bonds. The quantitative estimate of drug-likeness (QED) is 0.806. The zero-order chi connectivity index (χ0) is 9.19. The predicted molar refractivity (Wildman–Crippen MR) is 54.5 cm³/mol. The fourth-order valence-electron chi connectivity index (χ4n) is 1.47. The van der Waals surface area contributed by atoms with E-state index in [0.717, 1.165) is 24.1 Å². The second kappa shape index (κ2) is 3.90. The Kier molecular flexibility index (Phi) is 3.32. The van der Waals surface area contributed by atoms with Crippen molar-refractivity contribution in [2.24, 2.45) is 0 Å². The normalized spacial score (nSPS) is 27.4. The van der Waals surface area contributed by atoms with Crippen molar-refractivity contribution >= 4 is 15.9 Å². The van der Waals surface area contributed by atoms with Gasteiger partial charge in [-0.2, -0.15) is 0 Å². The van der Waals surface area contributed by atoms with Crippen molar-refractivity contribution in [3.8, 4) is 0 Å². The predicted octanol–water partition coefficient (Wildman–Crippen LogP) is 2.05. The van der Waals surface area contributed by atoms with Crippen molar-refractivity contribution in [1.82, 2.24) is 5.32 Å². The number of hydrogen-bond acceptors (Lipinski definition) is 2. The van der Waals surface area contributed by atoms with E-state index in [1.54, 1.807) is 0 Å². The van der Waals surface area contributed by atoms with Crippen molar-refractivity contribution < 1.29 is 4.74 Å². The highest BCUT2D eigenvalue weighted by atomic mass is 79.9. The van der Waals surface area contributed by atoms with Crippen LogP contribution in [0.25, 0.3) is 0 Å². The first-order valence-corrected chi connectivity index (χ1v) is 5.02. The molecule has 0 bridgehead atoms. The van der Waals surface area contributed by atoms with Gasteiger partial charge in [-0.3, -0.25) is 0 Å². The van der Waals surface area contributed by atoms with Gasteiger partial charge in [0.25, 0.3) is 0 Å². The van der Waals surface area contributed by atoms with E-state index in [0.29, 0.717) is 6.04 Å². The van der Waals surface area contributed by atoms with Crippen LogP contribution in [0, 0.1) is 0 Å². The third-order valence-electron chi connectivity index (χ3n) is 2.26. The minimum absolute atomic E-state index is 0.0253. The average molecular weight is 234 g/mol. The first-order valence-electron chi connectivity index (χ1n) is 4.23. The Hall–Kier alpha value is 0.140. The topological polar surface area (TPSA) is 21.3 Å². The van der Waals surface area contributed by atoms with E-state index in [-0.39, 0.29) is 5.60 Å². The Bertz CT molecular complexity index is 179. The number of hydrogen-bond donors (Lipinski definition) is 1. The number of ether oxygens (including phenoxy) is 1. The molecule has 1 heterocycles. The molecular weight excluding hydrogens is 218 g/mol. The van der Waals surface area contributed by atoms with Gasteiger partial charge in [0, 0.05) is 23.7 Å². The fraction of sp³-hybridized carbons (Fsp3) is 0.778. The largest absolute Gasteiger partial charge is 0.374 e. The van der Waals surface area contributed by atoms with Crippen LogP contribution in [0.3, 0.4) is 0 Å². The van der Waals surface area contributed by atoms with Gasteiger partial charge in [-0.05, 0) is 20.3 Å². The third kappa shape index (κ3) is 2.57. The molecule has 0 aromatic carbocycles. The van der Waals surface area contributed by atoms with Crippen LogP contribution >= 0.6 is 15.9 Å². The minimum atomic E-state index is -0.0253. The average Bonchev–Trinajstić information content (AvgIpc) is 2.25. The van der Waals surface area contributed by atoms with Crippen LogP contribution < -0.4 is 5.32 Å². The molecule has 0 spiro atoms. The van der Waals surface area contributed by atoms with Gasteiger partial charge in [-0.25, -0.2) is 0 Å². The van der Waals surface area contributed by atoms with Gasteiger partial charge in [0.2, 0.25) is 0 Å². The lowest BCUT2D eigenvalue weighted by Crippen LogP contribution is -2.43. The molecule has 2 nitrogen and oxygen atoms in total. The smallest absolute Gasteiger partial charge is 0.0779 e. The molecule has 0 aliphatic carbocycles. The molecule has 12 heavy (non-hydrogen) atoms.